The number of hydrogen-bond acceptors (Lipinski definition) is 4. The van der Waals surface area contributed by atoms with Gasteiger partial charge in [-0.15, -0.1) is 0 Å². The third-order valence-electron chi connectivity index (χ3n) is 4.16. The standard InChI is InChI=1S/C24H31ClFNO4/c1-9-18(25)21(14(3)4)16-11-15(5)22(26)17(12-16)19(13-20(28)30-10-2)27-23(29)31-24(6,7)8/h9,11-12,19H,1,3,10,13H2,2,4-8H3,(H,27,29)/b21-18-. The highest BCUT2D eigenvalue weighted by atomic mass is 35.5. The first-order valence-electron chi connectivity index (χ1n) is 9.94. The van der Waals surface area contributed by atoms with Crippen molar-refractivity contribution in [2.45, 2.75) is 59.6 Å². The molecule has 1 aromatic carbocycles. The Balaban J connectivity index is 3.56. The number of alkyl carbamates (subject to hydrolysis) is 1. The number of esters is 1. The quantitative estimate of drug-likeness (QED) is 0.368. The molecule has 5 nitrogen and oxygen atoms in total. The third-order valence-corrected chi connectivity index (χ3v) is 4.50. The van der Waals surface area contributed by atoms with Crippen LogP contribution in [0.5, 0.6) is 0 Å². The smallest absolute Gasteiger partial charge is 0.408 e. The van der Waals surface area contributed by atoms with Gasteiger partial charge in [-0.3, -0.25) is 4.79 Å². The van der Waals surface area contributed by atoms with Gasteiger partial charge in [0.2, 0.25) is 0 Å². The summed E-state index contributed by atoms with van der Waals surface area (Å²) in [5.74, 6) is -1.13. The third kappa shape index (κ3) is 7.87. The minimum Gasteiger partial charge on any atom is -0.466 e. The summed E-state index contributed by atoms with van der Waals surface area (Å²) in [5, 5.41) is 2.95. The van der Waals surface area contributed by atoms with Crippen LogP contribution in [0.3, 0.4) is 0 Å². The number of benzene rings is 1. The highest BCUT2D eigenvalue weighted by molar-refractivity contribution is 6.35. The lowest BCUT2D eigenvalue weighted by Crippen LogP contribution is -2.36. The second kappa shape index (κ2) is 11.1. The van der Waals surface area contributed by atoms with Gasteiger partial charge in [0.15, 0.2) is 0 Å². The molecule has 0 aliphatic carbocycles. The Bertz CT molecular complexity index is 900. The van der Waals surface area contributed by atoms with Gasteiger partial charge < -0.3 is 14.8 Å². The predicted octanol–water partition coefficient (Wildman–Crippen LogP) is 6.37. The van der Waals surface area contributed by atoms with Crippen LogP contribution in [0.2, 0.25) is 0 Å². The predicted molar refractivity (Wildman–Crippen MR) is 122 cm³/mol. The Morgan fingerprint density at radius 2 is 1.94 bits per heavy atom. The van der Waals surface area contributed by atoms with Gasteiger partial charge in [0.1, 0.15) is 11.4 Å². The molecule has 0 aliphatic rings. The maximum absolute atomic E-state index is 15.2. The average Bonchev–Trinajstić information content (AvgIpc) is 2.62. The van der Waals surface area contributed by atoms with Gasteiger partial charge in [-0.1, -0.05) is 30.8 Å². The number of aryl methyl sites for hydroxylation is 1. The number of nitrogens with one attached hydrogen (secondary N) is 1. The molecule has 1 unspecified atom stereocenters. The Labute approximate surface area is 189 Å². The summed E-state index contributed by atoms with van der Waals surface area (Å²) in [5.41, 5.74) is 1.51. The molecule has 7 heteroatoms. The van der Waals surface area contributed by atoms with E-state index in [0.717, 1.165) is 0 Å². The molecule has 0 spiro atoms. The SMILES string of the molecule is C=C/C(Cl)=C(\C(=C)C)c1cc(C)c(F)c(C(CC(=O)OCC)NC(=O)OC(C)(C)C)c1. The summed E-state index contributed by atoms with van der Waals surface area (Å²) in [7, 11) is 0. The number of halogens is 2. The summed E-state index contributed by atoms with van der Waals surface area (Å²) in [6.07, 6.45) is 0.428. The lowest BCUT2D eigenvalue weighted by Gasteiger charge is -2.25. The van der Waals surface area contributed by atoms with Crippen molar-refractivity contribution >= 4 is 29.2 Å². The summed E-state index contributed by atoms with van der Waals surface area (Å²) in [4.78, 5) is 24.6. The van der Waals surface area contributed by atoms with E-state index in [1.165, 1.54) is 6.08 Å². The topological polar surface area (TPSA) is 64.6 Å². The lowest BCUT2D eigenvalue weighted by atomic mass is 9.92. The largest absolute Gasteiger partial charge is 0.466 e. The highest BCUT2D eigenvalue weighted by Gasteiger charge is 2.27. The molecular weight excluding hydrogens is 421 g/mol. The van der Waals surface area contributed by atoms with E-state index in [0.29, 0.717) is 27.3 Å². The molecular formula is C24H31ClFNO4. The number of hydrogen-bond donors (Lipinski definition) is 1. The van der Waals surface area contributed by atoms with Crippen molar-refractivity contribution in [2.24, 2.45) is 0 Å². The summed E-state index contributed by atoms with van der Waals surface area (Å²) in [6, 6.07) is 2.16. The number of carbonyl (C=O) groups excluding carboxylic acids is 2. The van der Waals surface area contributed by atoms with E-state index in [-0.39, 0.29) is 18.6 Å². The summed E-state index contributed by atoms with van der Waals surface area (Å²) >= 11 is 6.31. The monoisotopic (exact) mass is 451 g/mol. The van der Waals surface area contributed by atoms with Crippen LogP contribution in [0.1, 0.15) is 63.8 Å². The van der Waals surface area contributed by atoms with Gasteiger partial charge in [0.05, 0.1) is 19.1 Å². The number of carbonyl (C=O) groups is 2. The van der Waals surface area contributed by atoms with Crippen molar-refractivity contribution in [2.75, 3.05) is 6.61 Å². The van der Waals surface area contributed by atoms with Crippen molar-refractivity contribution in [3.63, 3.8) is 0 Å². The number of allylic oxidation sites excluding steroid dienone is 4. The van der Waals surface area contributed by atoms with E-state index in [9.17, 15) is 9.59 Å². The van der Waals surface area contributed by atoms with E-state index in [4.69, 9.17) is 21.1 Å². The van der Waals surface area contributed by atoms with Crippen molar-refractivity contribution < 1.29 is 23.5 Å². The molecule has 0 radical (unpaired) electrons. The number of amides is 1. The molecule has 1 N–H and O–H groups in total. The second-order valence-electron chi connectivity index (χ2n) is 8.11. The Hall–Kier alpha value is -2.60. The summed E-state index contributed by atoms with van der Waals surface area (Å²) < 4.78 is 25.5. The van der Waals surface area contributed by atoms with E-state index >= 15 is 4.39 Å². The van der Waals surface area contributed by atoms with E-state index in [2.05, 4.69) is 18.5 Å². The first-order chi connectivity index (χ1) is 14.3. The molecule has 0 aliphatic heterocycles. The van der Waals surface area contributed by atoms with Crippen LogP contribution in [-0.4, -0.2) is 24.3 Å². The highest BCUT2D eigenvalue weighted by Crippen LogP contribution is 2.33. The fourth-order valence-electron chi connectivity index (χ4n) is 2.96. The van der Waals surface area contributed by atoms with E-state index < -0.39 is 29.5 Å². The molecule has 0 saturated heterocycles. The maximum Gasteiger partial charge on any atom is 0.408 e. The van der Waals surface area contributed by atoms with Crippen LogP contribution < -0.4 is 5.32 Å². The normalized spacial score (nSPS) is 13.0. The molecule has 1 aromatic rings. The van der Waals surface area contributed by atoms with E-state index in [1.807, 2.05) is 0 Å². The Kier molecular flexibility index (Phi) is 9.50. The fourth-order valence-corrected chi connectivity index (χ4v) is 3.23. The maximum atomic E-state index is 15.2. The van der Waals surface area contributed by atoms with Gasteiger partial charge in [0, 0.05) is 16.2 Å². The van der Waals surface area contributed by atoms with Gasteiger partial charge >= 0.3 is 12.1 Å². The Morgan fingerprint density at radius 3 is 2.42 bits per heavy atom. The van der Waals surface area contributed by atoms with Crippen molar-refractivity contribution in [1.29, 1.82) is 0 Å². The molecule has 170 valence electrons. The first kappa shape index (κ1) is 26.4. The molecule has 0 bridgehead atoms. The minimum atomic E-state index is -1.01. The van der Waals surface area contributed by atoms with Crippen LogP contribution in [0, 0.1) is 12.7 Å². The van der Waals surface area contributed by atoms with Gasteiger partial charge in [0.25, 0.3) is 0 Å². The van der Waals surface area contributed by atoms with Crippen molar-refractivity contribution in [1.82, 2.24) is 5.32 Å². The van der Waals surface area contributed by atoms with Gasteiger partial charge in [-0.2, -0.15) is 0 Å². The van der Waals surface area contributed by atoms with Crippen molar-refractivity contribution in [3.8, 4) is 0 Å². The molecule has 0 aromatic heterocycles. The Morgan fingerprint density at radius 1 is 1.32 bits per heavy atom. The zero-order valence-corrected chi connectivity index (χ0v) is 19.8. The zero-order chi connectivity index (χ0) is 23.9. The van der Waals surface area contributed by atoms with E-state index in [1.54, 1.807) is 53.7 Å². The minimum absolute atomic E-state index is 0.112. The molecule has 1 rings (SSSR count). The van der Waals surface area contributed by atoms with Crippen LogP contribution in [0.4, 0.5) is 9.18 Å². The van der Waals surface area contributed by atoms with Crippen LogP contribution in [0.15, 0.2) is 42.0 Å². The van der Waals surface area contributed by atoms with Crippen molar-refractivity contribution in [3.05, 3.63) is 64.5 Å². The molecule has 1 atom stereocenters. The van der Waals surface area contributed by atoms with Crippen LogP contribution in [0.25, 0.3) is 5.57 Å². The summed E-state index contributed by atoms with van der Waals surface area (Å²) in [6.45, 7) is 17.9. The lowest BCUT2D eigenvalue weighted by molar-refractivity contribution is -0.143. The first-order valence-corrected chi connectivity index (χ1v) is 10.3. The zero-order valence-electron chi connectivity index (χ0n) is 19.0. The number of ether oxygens (including phenoxy) is 2. The molecule has 31 heavy (non-hydrogen) atoms. The fraction of sp³-hybridized carbons (Fsp3) is 0.417. The molecule has 0 saturated carbocycles. The van der Waals surface area contributed by atoms with Crippen LogP contribution in [-0.2, 0) is 14.3 Å². The van der Waals surface area contributed by atoms with Gasteiger partial charge in [-0.25, -0.2) is 9.18 Å². The molecule has 1 amide bonds. The number of rotatable bonds is 8. The second-order valence-corrected chi connectivity index (χ2v) is 8.52. The van der Waals surface area contributed by atoms with Gasteiger partial charge in [-0.05, 0) is 70.4 Å². The molecule has 0 fully saturated rings. The van der Waals surface area contributed by atoms with Crippen LogP contribution >= 0.6 is 11.6 Å². The average molecular weight is 452 g/mol. The molecule has 0 heterocycles.